The molecule has 0 aromatic heterocycles. The first kappa shape index (κ1) is 13.9. The Kier molecular flexibility index (Phi) is 3.21. The van der Waals surface area contributed by atoms with E-state index < -0.39 is 33.8 Å². The summed E-state index contributed by atoms with van der Waals surface area (Å²) in [6.07, 6.45) is -3.84. The van der Waals surface area contributed by atoms with Crippen molar-refractivity contribution in [2.24, 2.45) is 0 Å². The van der Waals surface area contributed by atoms with Crippen molar-refractivity contribution in [2.45, 2.75) is 11.7 Å². The molecule has 0 atom stereocenters. The van der Waals surface area contributed by atoms with E-state index >= 15 is 0 Å². The van der Waals surface area contributed by atoms with E-state index in [-0.39, 0.29) is 16.6 Å². The molecule has 0 saturated heterocycles. The molecule has 0 saturated carbocycles. The van der Waals surface area contributed by atoms with E-state index in [0.717, 1.165) is 0 Å². The van der Waals surface area contributed by atoms with Crippen LogP contribution >= 0.6 is 0 Å². The molecule has 0 aromatic rings. The van der Waals surface area contributed by atoms with Gasteiger partial charge in [0.05, 0.1) is 12.1 Å². The van der Waals surface area contributed by atoms with Crippen LogP contribution in [0.4, 0.5) is 26.3 Å². The summed E-state index contributed by atoms with van der Waals surface area (Å²) in [5.74, 6) is 0. The summed E-state index contributed by atoms with van der Waals surface area (Å²) in [6, 6.07) is 0. The van der Waals surface area contributed by atoms with Gasteiger partial charge in [0.2, 0.25) is 0 Å². The fourth-order valence-corrected chi connectivity index (χ4v) is 1.76. The fraction of sp³-hybridized carbons (Fsp3) is 0.429. The lowest BCUT2D eigenvalue weighted by atomic mass is 10.2. The maximum atomic E-state index is 12.1. The van der Waals surface area contributed by atoms with E-state index in [1.807, 2.05) is 0 Å². The zero-order valence-electron chi connectivity index (χ0n) is 7.88. The SMILES string of the molecule is O=S(=O)(N1C=CC(C(F)(F)F)=CC1)C(F)(F)F. The lowest BCUT2D eigenvalue weighted by molar-refractivity contribution is -0.0887. The molecular formula is C7H5F6NO2S. The second kappa shape index (κ2) is 3.93. The molecule has 10 heteroatoms. The minimum Gasteiger partial charge on any atom is -0.266 e. The third-order valence-electron chi connectivity index (χ3n) is 1.84. The molecule has 1 rings (SSSR count). The second-order valence-corrected chi connectivity index (χ2v) is 4.88. The average Bonchev–Trinajstić information content (AvgIpc) is 2.15. The lowest BCUT2D eigenvalue weighted by Gasteiger charge is -2.23. The van der Waals surface area contributed by atoms with Gasteiger partial charge in [-0.25, -0.2) is 0 Å². The van der Waals surface area contributed by atoms with Crippen LogP contribution in [0.3, 0.4) is 0 Å². The van der Waals surface area contributed by atoms with Crippen LogP contribution in [0.25, 0.3) is 0 Å². The Hall–Kier alpha value is -1.19. The second-order valence-electron chi connectivity index (χ2n) is 2.99. The molecule has 0 aliphatic carbocycles. The molecule has 0 bridgehead atoms. The predicted molar refractivity (Wildman–Crippen MR) is 45.0 cm³/mol. The van der Waals surface area contributed by atoms with Crippen molar-refractivity contribution in [2.75, 3.05) is 6.54 Å². The maximum absolute atomic E-state index is 12.1. The summed E-state index contributed by atoms with van der Waals surface area (Å²) < 4.78 is 93.8. The van der Waals surface area contributed by atoms with Crippen LogP contribution < -0.4 is 0 Å². The minimum atomic E-state index is -5.63. The van der Waals surface area contributed by atoms with Gasteiger partial charge >= 0.3 is 21.7 Å². The number of hydrogen-bond donors (Lipinski definition) is 0. The number of halogens is 6. The fourth-order valence-electron chi connectivity index (χ4n) is 1.00. The van der Waals surface area contributed by atoms with Gasteiger partial charge in [0.25, 0.3) is 0 Å². The van der Waals surface area contributed by atoms with Crippen molar-refractivity contribution < 1.29 is 34.8 Å². The molecule has 3 nitrogen and oxygen atoms in total. The summed E-state index contributed by atoms with van der Waals surface area (Å²) in [7, 11) is -5.63. The molecule has 0 amide bonds. The Morgan fingerprint density at radius 1 is 1.12 bits per heavy atom. The molecular weight excluding hydrogens is 276 g/mol. The Balaban J connectivity index is 2.94. The van der Waals surface area contributed by atoms with E-state index in [1.54, 1.807) is 0 Å². The summed E-state index contributed by atoms with van der Waals surface area (Å²) in [5, 5.41) is 0. The zero-order valence-corrected chi connectivity index (χ0v) is 8.70. The van der Waals surface area contributed by atoms with Crippen LogP contribution in [-0.2, 0) is 10.0 Å². The van der Waals surface area contributed by atoms with Crippen molar-refractivity contribution in [1.29, 1.82) is 0 Å². The normalized spacial score (nSPS) is 18.2. The van der Waals surface area contributed by atoms with Gasteiger partial charge in [0.1, 0.15) is 0 Å². The number of allylic oxidation sites excluding steroid dienone is 2. The van der Waals surface area contributed by atoms with Crippen molar-refractivity contribution in [3.8, 4) is 0 Å². The van der Waals surface area contributed by atoms with Gasteiger partial charge in [-0.3, -0.25) is 4.31 Å². The Morgan fingerprint density at radius 2 is 1.65 bits per heavy atom. The molecule has 1 heterocycles. The summed E-state index contributed by atoms with van der Waals surface area (Å²) >= 11 is 0. The number of sulfonamides is 1. The van der Waals surface area contributed by atoms with Crippen molar-refractivity contribution in [3.05, 3.63) is 23.9 Å². The molecule has 0 aromatic carbocycles. The van der Waals surface area contributed by atoms with Crippen molar-refractivity contribution >= 4 is 10.0 Å². The zero-order chi connectivity index (χ0) is 13.5. The van der Waals surface area contributed by atoms with E-state index in [4.69, 9.17) is 0 Å². The summed E-state index contributed by atoms with van der Waals surface area (Å²) in [6.45, 7) is -1.01. The Bertz CT molecular complexity index is 458. The molecule has 1 aliphatic rings. The van der Waals surface area contributed by atoms with Gasteiger partial charge in [-0.1, -0.05) is 6.08 Å². The van der Waals surface area contributed by atoms with Crippen LogP contribution in [0.2, 0.25) is 0 Å². The van der Waals surface area contributed by atoms with Gasteiger partial charge in [-0.05, 0) is 6.08 Å². The number of alkyl halides is 6. The largest absolute Gasteiger partial charge is 0.516 e. The van der Waals surface area contributed by atoms with Gasteiger partial charge in [-0.2, -0.15) is 34.8 Å². The first-order valence-corrected chi connectivity index (χ1v) is 5.44. The lowest BCUT2D eigenvalue weighted by Crippen LogP contribution is -2.38. The van der Waals surface area contributed by atoms with Crippen LogP contribution in [0, 0.1) is 0 Å². The molecule has 1 aliphatic heterocycles. The molecule has 0 N–H and O–H groups in total. The van der Waals surface area contributed by atoms with E-state index in [2.05, 4.69) is 0 Å². The highest BCUT2D eigenvalue weighted by molar-refractivity contribution is 7.90. The highest BCUT2D eigenvalue weighted by Gasteiger charge is 2.49. The molecule has 0 fully saturated rings. The topological polar surface area (TPSA) is 37.4 Å². The highest BCUT2D eigenvalue weighted by Crippen LogP contribution is 2.32. The van der Waals surface area contributed by atoms with Gasteiger partial charge < -0.3 is 0 Å². The standard InChI is InChI=1S/C7H5F6NO2S/c8-6(9,10)5-1-3-14(4-2-5)17(15,16)7(11,12)13/h1-3H,4H2. The Labute approximate surface area is 92.1 Å². The molecule has 17 heavy (non-hydrogen) atoms. The summed E-state index contributed by atoms with van der Waals surface area (Å²) in [4.78, 5) is 0. The maximum Gasteiger partial charge on any atom is 0.516 e. The third-order valence-corrected chi connectivity index (χ3v) is 3.31. The molecule has 98 valence electrons. The predicted octanol–water partition coefficient (Wildman–Crippen LogP) is 2.15. The molecule has 0 radical (unpaired) electrons. The summed E-state index contributed by atoms with van der Waals surface area (Å²) in [5.41, 5.74) is -6.73. The average molecular weight is 281 g/mol. The van der Waals surface area contributed by atoms with Crippen LogP contribution in [0.1, 0.15) is 0 Å². The Morgan fingerprint density at radius 3 is 1.94 bits per heavy atom. The van der Waals surface area contributed by atoms with Crippen molar-refractivity contribution in [3.63, 3.8) is 0 Å². The van der Waals surface area contributed by atoms with Gasteiger partial charge in [-0.15, -0.1) is 0 Å². The van der Waals surface area contributed by atoms with E-state index in [0.29, 0.717) is 6.08 Å². The van der Waals surface area contributed by atoms with E-state index in [1.165, 1.54) is 0 Å². The van der Waals surface area contributed by atoms with Crippen molar-refractivity contribution in [1.82, 2.24) is 4.31 Å². The third kappa shape index (κ3) is 2.73. The minimum absolute atomic E-state index is 0.206. The number of hydrogen-bond acceptors (Lipinski definition) is 2. The van der Waals surface area contributed by atoms with Crippen LogP contribution in [0.15, 0.2) is 23.9 Å². The first-order chi connectivity index (χ1) is 7.46. The first-order valence-electron chi connectivity index (χ1n) is 4.00. The van der Waals surface area contributed by atoms with Gasteiger partial charge in [0.15, 0.2) is 0 Å². The number of rotatable bonds is 1. The van der Waals surface area contributed by atoms with Crippen LogP contribution in [0.5, 0.6) is 0 Å². The smallest absolute Gasteiger partial charge is 0.266 e. The van der Waals surface area contributed by atoms with Gasteiger partial charge in [0, 0.05) is 6.20 Å². The molecule has 0 spiro atoms. The monoisotopic (exact) mass is 281 g/mol. The highest BCUT2D eigenvalue weighted by atomic mass is 32.2. The van der Waals surface area contributed by atoms with E-state index in [9.17, 15) is 34.8 Å². The number of nitrogens with zero attached hydrogens (tertiary/aromatic N) is 1. The molecule has 0 unspecified atom stereocenters. The van der Waals surface area contributed by atoms with Crippen LogP contribution in [-0.4, -0.2) is 31.0 Å². The quantitative estimate of drug-likeness (QED) is 0.691.